The Kier molecular flexibility index (Phi) is 8.13. The van der Waals surface area contributed by atoms with Gasteiger partial charge in [0.15, 0.2) is 6.10 Å². The Morgan fingerprint density at radius 2 is 1.71 bits per heavy atom. The number of nitrogens with zero attached hydrogens (tertiary/aromatic N) is 4. The highest BCUT2D eigenvalue weighted by molar-refractivity contribution is 6.21. The second kappa shape index (κ2) is 12.5. The summed E-state index contributed by atoms with van der Waals surface area (Å²) in [5, 5.41) is 13.3. The topological polar surface area (TPSA) is 130 Å². The van der Waals surface area contributed by atoms with Crippen molar-refractivity contribution in [3.05, 3.63) is 76.9 Å². The Morgan fingerprint density at radius 3 is 2.41 bits per heavy atom. The molecule has 10 rings (SSSR count). The quantitative estimate of drug-likeness (QED) is 0.242. The smallest absolute Gasteiger partial charge is 0.344 e. The summed E-state index contributed by atoms with van der Waals surface area (Å²) in [4.78, 5) is 55.2. The zero-order valence-corrected chi connectivity index (χ0v) is 34.5. The Balaban J connectivity index is 1.28. The first-order valence-electron chi connectivity index (χ1n) is 21.0. The number of benzene rings is 2. The van der Waals surface area contributed by atoms with E-state index in [2.05, 4.69) is 59.2 Å². The summed E-state index contributed by atoms with van der Waals surface area (Å²) in [5.74, 6) is -1.31. The van der Waals surface area contributed by atoms with E-state index in [1.807, 2.05) is 31.0 Å². The molecule has 10 atom stereocenters. The molecule has 2 aromatic rings. The third-order valence-corrected chi connectivity index (χ3v) is 16.1. The molecule has 0 radical (unpaired) electrons. The predicted molar refractivity (Wildman–Crippen MR) is 217 cm³/mol. The third kappa shape index (κ3) is 4.16. The van der Waals surface area contributed by atoms with Gasteiger partial charge in [-0.25, -0.2) is 4.79 Å². The lowest BCUT2D eigenvalue weighted by molar-refractivity contribution is -0.228. The Bertz CT molecular complexity index is 2250. The van der Waals surface area contributed by atoms with Gasteiger partial charge in [0.1, 0.15) is 11.2 Å². The minimum atomic E-state index is -2.28. The molecule has 4 fully saturated rings. The summed E-state index contributed by atoms with van der Waals surface area (Å²) in [6, 6.07) is 11.4. The lowest BCUT2D eigenvalue weighted by Crippen LogP contribution is -2.81. The maximum atomic E-state index is 15.3. The molecule has 58 heavy (non-hydrogen) atoms. The van der Waals surface area contributed by atoms with E-state index < -0.39 is 51.3 Å². The fourth-order valence-corrected chi connectivity index (χ4v) is 14.4. The van der Waals surface area contributed by atoms with Gasteiger partial charge in [-0.05, 0) is 67.8 Å². The molecule has 0 aromatic heterocycles. The first kappa shape index (κ1) is 37.7. The SMILES string of the molecule is CCC1=C[C@H]2C[C@@](C(=O)OC)(c3cc4c(cc3OC)N(C)[C@H]3[C@@](O)(C(=O)OC)[C@H](OC(C)=O)[C@]5(CC)C=CCN6CC[C@]43[C@@H]65)C3=Nc4ccccc4C34CCN(C1)[C@@H]24. The number of carbonyl (C=O) groups is 3. The van der Waals surface area contributed by atoms with E-state index in [1.54, 1.807) is 7.11 Å². The summed E-state index contributed by atoms with van der Waals surface area (Å²) in [6.45, 7) is 8.70. The van der Waals surface area contributed by atoms with E-state index in [-0.39, 0.29) is 24.0 Å². The second-order valence-electron chi connectivity index (χ2n) is 18.0. The second-order valence-corrected chi connectivity index (χ2v) is 18.0. The van der Waals surface area contributed by atoms with Crippen molar-refractivity contribution in [2.75, 3.05) is 59.5 Å². The van der Waals surface area contributed by atoms with Crippen LogP contribution in [0.2, 0.25) is 0 Å². The number of aliphatic imine (C=N–C) groups is 1. The van der Waals surface area contributed by atoms with Crippen LogP contribution in [0.3, 0.4) is 0 Å². The molecule has 306 valence electrons. The van der Waals surface area contributed by atoms with Crippen molar-refractivity contribution < 1.29 is 38.4 Å². The largest absolute Gasteiger partial charge is 0.496 e. The Labute approximate surface area is 339 Å². The van der Waals surface area contributed by atoms with Gasteiger partial charge in [-0.3, -0.25) is 24.4 Å². The molecule has 0 bridgehead atoms. The van der Waals surface area contributed by atoms with E-state index in [0.29, 0.717) is 43.7 Å². The van der Waals surface area contributed by atoms with Crippen molar-refractivity contribution in [2.45, 2.75) is 99.0 Å². The van der Waals surface area contributed by atoms with Gasteiger partial charge in [-0.15, -0.1) is 0 Å². The van der Waals surface area contributed by atoms with Crippen molar-refractivity contribution in [1.29, 1.82) is 0 Å². The lowest BCUT2D eigenvalue weighted by Gasteiger charge is -2.63. The van der Waals surface area contributed by atoms with E-state index in [1.165, 1.54) is 26.7 Å². The van der Waals surface area contributed by atoms with Crippen molar-refractivity contribution >= 4 is 35.0 Å². The molecule has 6 aliphatic heterocycles. The van der Waals surface area contributed by atoms with E-state index in [4.69, 9.17) is 23.9 Å². The number of likely N-dealkylation sites (N-methyl/N-ethyl adjacent to an activating group) is 1. The number of methoxy groups -OCH3 is 3. The predicted octanol–water partition coefficient (Wildman–Crippen LogP) is 4.52. The Hall–Kier alpha value is -4.52. The summed E-state index contributed by atoms with van der Waals surface area (Å²) in [7, 11) is 6.25. The minimum absolute atomic E-state index is 0.0173. The van der Waals surface area contributed by atoms with Crippen LogP contribution in [0.15, 0.2) is 65.2 Å². The molecule has 0 amide bonds. The number of anilines is 1. The Morgan fingerprint density at radius 1 is 0.948 bits per heavy atom. The normalized spacial score (nSPS) is 38.7. The van der Waals surface area contributed by atoms with Crippen LogP contribution in [0.4, 0.5) is 11.4 Å². The molecule has 1 N–H and O–H groups in total. The molecular weight excluding hydrogens is 737 g/mol. The van der Waals surface area contributed by atoms with Crippen molar-refractivity contribution in [2.24, 2.45) is 16.3 Å². The fraction of sp³-hybridized carbons (Fsp3) is 0.565. The van der Waals surface area contributed by atoms with Crippen LogP contribution in [0.25, 0.3) is 0 Å². The molecule has 2 saturated carbocycles. The molecule has 2 aliphatic carbocycles. The van der Waals surface area contributed by atoms with Crippen LogP contribution in [-0.4, -0.2) is 123 Å². The molecule has 2 spiro atoms. The highest BCUT2D eigenvalue weighted by Crippen LogP contribution is 2.69. The summed E-state index contributed by atoms with van der Waals surface area (Å²) in [5.41, 5.74) is 0.603. The van der Waals surface area contributed by atoms with E-state index in [0.717, 1.165) is 54.1 Å². The number of carbonyl (C=O) groups excluding carboxylic acids is 3. The van der Waals surface area contributed by atoms with Crippen molar-refractivity contribution in [1.82, 2.24) is 9.80 Å². The van der Waals surface area contributed by atoms with Gasteiger partial charge >= 0.3 is 17.9 Å². The van der Waals surface area contributed by atoms with Gasteiger partial charge in [0.25, 0.3) is 0 Å². The van der Waals surface area contributed by atoms with Crippen molar-refractivity contribution in [3.8, 4) is 5.75 Å². The van der Waals surface area contributed by atoms with Gasteiger partial charge < -0.3 is 29.0 Å². The number of fused-ring (bicyclic) bond motifs is 2. The average Bonchev–Trinajstić information content (AvgIpc) is 3.99. The number of rotatable bonds is 7. The van der Waals surface area contributed by atoms with Gasteiger partial charge in [0, 0.05) is 73.8 Å². The van der Waals surface area contributed by atoms with Gasteiger partial charge in [-0.1, -0.05) is 55.8 Å². The molecule has 8 aliphatic rings. The zero-order chi connectivity index (χ0) is 40.7. The average molecular weight is 791 g/mol. The third-order valence-electron chi connectivity index (χ3n) is 16.1. The standard InChI is InChI=1S/C46H54N4O8/c1-8-27-21-28-24-45(40(52)56-6,36-43(16-20-50(25-27)35(28)43)29-13-10-11-14-32(29)47-36)31-22-30-33(23-34(31)55-5)48(4)38-44(30)17-19-49-18-12-15-42(9-2,37(44)49)39(58-26(3)51)46(38,54)41(53)57-7/h10-15,21-23,28,35,37-39,54H,8-9,16-20,24-25H2,1-7H3/t28-,35-,37-,38+,39+,42+,43?,44+,45+,46-/m0/s1. The van der Waals surface area contributed by atoms with Gasteiger partial charge in [-0.2, -0.15) is 0 Å². The van der Waals surface area contributed by atoms with Crippen LogP contribution in [0, 0.1) is 11.3 Å². The van der Waals surface area contributed by atoms with Crippen LogP contribution >= 0.6 is 0 Å². The minimum Gasteiger partial charge on any atom is -0.496 e. The van der Waals surface area contributed by atoms with Crippen LogP contribution in [0.1, 0.15) is 69.6 Å². The first-order valence-corrected chi connectivity index (χ1v) is 21.0. The monoisotopic (exact) mass is 790 g/mol. The van der Waals surface area contributed by atoms with Crippen LogP contribution < -0.4 is 9.64 Å². The molecule has 2 aromatic carbocycles. The number of aliphatic hydroxyl groups is 1. The number of ether oxygens (including phenoxy) is 4. The first-order chi connectivity index (χ1) is 27.9. The number of para-hydroxylation sites is 1. The van der Waals surface area contributed by atoms with E-state index >= 15 is 4.79 Å². The molecule has 12 nitrogen and oxygen atoms in total. The highest BCUT2D eigenvalue weighted by atomic mass is 16.6. The molecule has 2 saturated heterocycles. The summed E-state index contributed by atoms with van der Waals surface area (Å²) in [6.07, 6.45) is 8.60. The maximum Gasteiger partial charge on any atom is 0.344 e. The van der Waals surface area contributed by atoms with Crippen molar-refractivity contribution in [3.63, 3.8) is 0 Å². The number of hydrogen-bond acceptors (Lipinski definition) is 12. The van der Waals surface area contributed by atoms with Gasteiger partial charge in [0.2, 0.25) is 5.60 Å². The maximum absolute atomic E-state index is 15.3. The highest BCUT2D eigenvalue weighted by Gasteiger charge is 2.81. The summed E-state index contributed by atoms with van der Waals surface area (Å²) < 4.78 is 24.0. The number of esters is 3. The number of hydrogen-bond donors (Lipinski definition) is 1. The molecule has 6 heterocycles. The van der Waals surface area contributed by atoms with Crippen LogP contribution in [0.5, 0.6) is 5.75 Å². The zero-order valence-electron chi connectivity index (χ0n) is 34.5. The molecule has 1 unspecified atom stereocenters. The van der Waals surface area contributed by atoms with E-state index in [9.17, 15) is 14.7 Å². The van der Waals surface area contributed by atoms with Gasteiger partial charge in [0.05, 0.1) is 44.2 Å². The molecular formula is C46H54N4O8. The van der Waals surface area contributed by atoms with Crippen LogP contribution in [-0.2, 0) is 44.8 Å². The summed E-state index contributed by atoms with van der Waals surface area (Å²) >= 11 is 0. The molecule has 12 heteroatoms. The fourth-order valence-electron chi connectivity index (χ4n) is 14.4. The lowest BCUT2D eigenvalue weighted by atomic mass is 9.47.